The normalized spacial score (nSPS) is 26.3. The van der Waals surface area contributed by atoms with Crippen LogP contribution in [0.4, 0.5) is 0 Å². The summed E-state index contributed by atoms with van der Waals surface area (Å²) in [5.74, 6) is 0.160. The molecule has 1 aliphatic heterocycles. The van der Waals surface area contributed by atoms with Gasteiger partial charge in [0.15, 0.2) is 0 Å². The number of fused-ring (bicyclic) bond motifs is 2. The van der Waals surface area contributed by atoms with Crippen molar-refractivity contribution in [1.29, 1.82) is 0 Å². The number of nitrogens with one attached hydrogen (secondary N) is 1. The first kappa shape index (κ1) is 17.9. The van der Waals surface area contributed by atoms with Crippen LogP contribution >= 0.6 is 11.6 Å². The molecule has 6 nitrogen and oxygen atoms in total. The van der Waals surface area contributed by atoms with Gasteiger partial charge in [-0.1, -0.05) is 11.6 Å². The van der Waals surface area contributed by atoms with Gasteiger partial charge >= 0.3 is 0 Å². The van der Waals surface area contributed by atoms with Gasteiger partial charge in [0.25, 0.3) is 0 Å². The van der Waals surface area contributed by atoms with E-state index in [1.54, 1.807) is 18.3 Å². The lowest BCUT2D eigenvalue weighted by Gasteiger charge is -2.28. The molecule has 1 amide bonds. The summed E-state index contributed by atoms with van der Waals surface area (Å²) in [4.78, 5) is 14.7. The fourth-order valence-electron chi connectivity index (χ4n) is 4.76. The largest absolute Gasteiger partial charge is 0.393 e. The second kappa shape index (κ2) is 6.44. The molecule has 5 rings (SSSR count). The highest BCUT2D eigenvalue weighted by Crippen LogP contribution is 2.42. The molecule has 0 spiro atoms. The number of aliphatic hydroxyl groups is 2. The van der Waals surface area contributed by atoms with E-state index in [9.17, 15) is 15.0 Å². The number of amides is 1. The Balaban J connectivity index is 1.39. The number of H-pyrrole nitrogens is 1. The molecular weight excluding hydrogens is 378 g/mol. The molecule has 0 unspecified atom stereocenters. The van der Waals surface area contributed by atoms with E-state index >= 15 is 0 Å². The maximum atomic E-state index is 12.9. The molecule has 28 heavy (non-hydrogen) atoms. The summed E-state index contributed by atoms with van der Waals surface area (Å²) in [6, 6.07) is 3.55. The average Bonchev–Trinajstić information content (AvgIpc) is 3.34. The van der Waals surface area contributed by atoms with Gasteiger partial charge in [-0.25, -0.2) is 0 Å². The number of hydrogen-bond acceptors (Lipinski definition) is 4. The topological polar surface area (TPSA) is 89.5 Å². The Labute approximate surface area is 167 Å². The van der Waals surface area contributed by atoms with Crippen molar-refractivity contribution in [3.8, 4) is 0 Å². The summed E-state index contributed by atoms with van der Waals surface area (Å²) in [6.07, 6.45) is 7.99. The smallest absolute Gasteiger partial charge is 0.226 e. The van der Waals surface area contributed by atoms with E-state index in [0.29, 0.717) is 36.5 Å². The molecule has 0 bridgehead atoms. The molecule has 2 fully saturated rings. The number of hydrogen-bond donors (Lipinski definition) is 3. The molecule has 146 valence electrons. The number of carbonyl (C=O) groups is 1. The van der Waals surface area contributed by atoms with Crippen molar-refractivity contribution in [1.82, 2.24) is 15.1 Å². The average molecular weight is 400 g/mol. The molecule has 0 atom stereocenters. The van der Waals surface area contributed by atoms with Gasteiger partial charge in [0.2, 0.25) is 5.91 Å². The van der Waals surface area contributed by atoms with Crippen molar-refractivity contribution in [2.45, 2.75) is 37.4 Å². The van der Waals surface area contributed by atoms with Gasteiger partial charge in [0, 0.05) is 35.0 Å². The van der Waals surface area contributed by atoms with Gasteiger partial charge in [-0.3, -0.25) is 9.89 Å². The van der Waals surface area contributed by atoms with E-state index in [2.05, 4.69) is 10.2 Å². The zero-order valence-corrected chi connectivity index (χ0v) is 16.1. The SMILES string of the molecule is O=C(C1CCC(O)CC1)N1CC2=CC(O)(c3cc(Cl)cc4[nH]ncc34)C=C2C1. The van der Waals surface area contributed by atoms with Crippen LogP contribution in [0.2, 0.25) is 5.02 Å². The summed E-state index contributed by atoms with van der Waals surface area (Å²) in [6.45, 7) is 1.03. The zero-order chi connectivity index (χ0) is 19.5. The molecule has 2 heterocycles. The van der Waals surface area contributed by atoms with Gasteiger partial charge in [0.05, 0.1) is 17.8 Å². The number of aromatic amines is 1. The number of likely N-dealkylation sites (tertiary alicyclic amines) is 1. The fraction of sp³-hybridized carbons (Fsp3) is 0.429. The predicted molar refractivity (Wildman–Crippen MR) is 106 cm³/mol. The Morgan fingerprint density at radius 3 is 2.54 bits per heavy atom. The van der Waals surface area contributed by atoms with Crippen LogP contribution < -0.4 is 0 Å². The fourth-order valence-corrected chi connectivity index (χ4v) is 4.98. The third kappa shape index (κ3) is 2.87. The molecular formula is C21H22ClN3O3. The zero-order valence-electron chi connectivity index (χ0n) is 15.4. The van der Waals surface area contributed by atoms with Crippen LogP contribution in [-0.4, -0.2) is 50.4 Å². The maximum Gasteiger partial charge on any atom is 0.226 e. The Morgan fingerprint density at radius 2 is 1.86 bits per heavy atom. The van der Waals surface area contributed by atoms with E-state index in [1.165, 1.54) is 0 Å². The number of aliphatic hydroxyl groups excluding tert-OH is 1. The van der Waals surface area contributed by atoms with E-state index in [0.717, 1.165) is 34.9 Å². The summed E-state index contributed by atoms with van der Waals surface area (Å²) < 4.78 is 0. The van der Waals surface area contributed by atoms with E-state index < -0.39 is 5.60 Å². The van der Waals surface area contributed by atoms with Crippen LogP contribution in [0.5, 0.6) is 0 Å². The predicted octanol–water partition coefficient (Wildman–Crippen LogP) is 2.66. The first-order valence-corrected chi connectivity index (χ1v) is 10.1. The van der Waals surface area contributed by atoms with Crippen LogP contribution in [0.3, 0.4) is 0 Å². The van der Waals surface area contributed by atoms with Crippen LogP contribution in [0, 0.1) is 5.92 Å². The van der Waals surface area contributed by atoms with Crippen LogP contribution in [-0.2, 0) is 10.4 Å². The minimum atomic E-state index is -1.25. The summed E-state index contributed by atoms with van der Waals surface area (Å²) in [5.41, 5.74) is 2.20. The van der Waals surface area contributed by atoms with Crippen molar-refractivity contribution in [3.05, 3.63) is 52.2 Å². The summed E-state index contributed by atoms with van der Waals surface area (Å²) in [7, 11) is 0. The first-order valence-electron chi connectivity index (χ1n) is 9.69. The molecule has 3 aliphatic rings. The summed E-state index contributed by atoms with van der Waals surface area (Å²) in [5, 5.41) is 29.3. The Morgan fingerprint density at radius 1 is 1.18 bits per heavy atom. The molecule has 3 N–H and O–H groups in total. The molecule has 2 aliphatic carbocycles. The van der Waals surface area contributed by atoms with Gasteiger partial charge in [-0.2, -0.15) is 5.10 Å². The lowest BCUT2D eigenvalue weighted by atomic mass is 9.86. The molecule has 2 aromatic rings. The molecule has 1 saturated carbocycles. The number of halogens is 1. The molecule has 7 heteroatoms. The van der Waals surface area contributed by atoms with Crippen LogP contribution in [0.1, 0.15) is 31.2 Å². The Bertz CT molecular complexity index is 995. The third-order valence-electron chi connectivity index (χ3n) is 6.24. The lowest BCUT2D eigenvalue weighted by molar-refractivity contribution is -0.135. The van der Waals surface area contributed by atoms with Crippen molar-refractivity contribution in [2.75, 3.05) is 13.1 Å². The number of rotatable bonds is 2. The minimum absolute atomic E-state index is 0.000736. The maximum absolute atomic E-state index is 12.9. The number of benzene rings is 1. The van der Waals surface area contributed by atoms with E-state index in [4.69, 9.17) is 11.6 Å². The molecule has 1 aromatic carbocycles. The summed E-state index contributed by atoms with van der Waals surface area (Å²) >= 11 is 6.23. The molecule has 1 saturated heterocycles. The van der Waals surface area contributed by atoms with Crippen molar-refractivity contribution >= 4 is 28.4 Å². The van der Waals surface area contributed by atoms with Crippen molar-refractivity contribution in [3.63, 3.8) is 0 Å². The minimum Gasteiger partial charge on any atom is -0.393 e. The molecule has 1 aromatic heterocycles. The second-order valence-corrected chi connectivity index (χ2v) is 8.59. The third-order valence-corrected chi connectivity index (χ3v) is 6.45. The standard InChI is InChI=1S/C21H22ClN3O3/c22-15-5-18(17-9-23-24-19(17)6-15)21(28)7-13-10-25(11-14(13)8-21)20(27)12-1-3-16(26)4-2-12/h5-9,12,16,26,28H,1-4,10-11H2,(H,23,24). The monoisotopic (exact) mass is 399 g/mol. The quantitative estimate of drug-likeness (QED) is 0.724. The van der Waals surface area contributed by atoms with Crippen LogP contribution in [0.15, 0.2) is 41.6 Å². The van der Waals surface area contributed by atoms with Gasteiger partial charge < -0.3 is 15.1 Å². The highest BCUT2D eigenvalue weighted by molar-refractivity contribution is 6.31. The first-order chi connectivity index (χ1) is 13.4. The van der Waals surface area contributed by atoms with E-state index in [1.807, 2.05) is 17.1 Å². The van der Waals surface area contributed by atoms with Crippen molar-refractivity contribution < 1.29 is 15.0 Å². The van der Waals surface area contributed by atoms with Gasteiger partial charge in [-0.15, -0.1) is 0 Å². The van der Waals surface area contributed by atoms with Crippen LogP contribution in [0.25, 0.3) is 10.9 Å². The number of nitrogens with zero attached hydrogens (tertiary/aromatic N) is 2. The Kier molecular flexibility index (Phi) is 4.12. The number of carbonyl (C=O) groups excluding carboxylic acids is 1. The van der Waals surface area contributed by atoms with Crippen molar-refractivity contribution in [2.24, 2.45) is 5.92 Å². The van der Waals surface area contributed by atoms with E-state index in [-0.39, 0.29) is 17.9 Å². The molecule has 0 radical (unpaired) electrons. The number of aromatic nitrogens is 2. The highest BCUT2D eigenvalue weighted by atomic mass is 35.5. The highest BCUT2D eigenvalue weighted by Gasteiger charge is 2.40. The second-order valence-electron chi connectivity index (χ2n) is 8.15. The van der Waals surface area contributed by atoms with Gasteiger partial charge in [0.1, 0.15) is 5.60 Å². The van der Waals surface area contributed by atoms with Gasteiger partial charge in [-0.05, 0) is 61.1 Å². The Hall–Kier alpha value is -2.15. The lowest BCUT2D eigenvalue weighted by Crippen LogP contribution is -2.37.